The highest BCUT2D eigenvalue weighted by atomic mass is 32.2. The van der Waals surface area contributed by atoms with Gasteiger partial charge in [-0.25, -0.2) is 8.42 Å². The lowest BCUT2D eigenvalue weighted by Gasteiger charge is -2.27. The van der Waals surface area contributed by atoms with Crippen LogP contribution in [0.4, 0.5) is 5.69 Å². The molecule has 1 saturated heterocycles. The second-order valence-corrected chi connectivity index (χ2v) is 10.3. The molecule has 1 heterocycles. The first-order valence-electron chi connectivity index (χ1n) is 8.00. The van der Waals surface area contributed by atoms with Crippen LogP contribution in [0.15, 0.2) is 23.1 Å². The fourth-order valence-corrected chi connectivity index (χ4v) is 4.33. The van der Waals surface area contributed by atoms with Crippen LogP contribution in [0.5, 0.6) is 0 Å². The minimum Gasteiger partial charge on any atom is -0.350 e. The average molecular weight is 415 g/mol. The van der Waals surface area contributed by atoms with Crippen LogP contribution in [0.2, 0.25) is 0 Å². The Balaban J connectivity index is 2.40. The fourth-order valence-electron chi connectivity index (χ4n) is 2.51. The van der Waals surface area contributed by atoms with Crippen molar-refractivity contribution in [2.75, 3.05) is 17.9 Å². The number of non-ortho nitro benzene ring substituents is 1. The van der Waals surface area contributed by atoms with E-state index < -0.39 is 37.9 Å². The number of carbonyl (C=O) groups excluding carboxylic acids is 2. The van der Waals surface area contributed by atoms with Gasteiger partial charge in [-0.15, -0.1) is 11.8 Å². The van der Waals surface area contributed by atoms with Crippen molar-refractivity contribution in [2.24, 2.45) is 0 Å². The summed E-state index contributed by atoms with van der Waals surface area (Å²) in [5, 5.41) is 13.9. The number of nitrogens with one attached hydrogen (secondary N) is 1. The smallest absolute Gasteiger partial charge is 0.271 e. The predicted octanol–water partition coefficient (Wildman–Crippen LogP) is 1.43. The first kappa shape index (κ1) is 21.2. The van der Waals surface area contributed by atoms with Gasteiger partial charge in [0.1, 0.15) is 6.04 Å². The summed E-state index contributed by atoms with van der Waals surface area (Å²) in [4.78, 5) is 36.7. The van der Waals surface area contributed by atoms with Gasteiger partial charge in [-0.3, -0.25) is 19.7 Å². The van der Waals surface area contributed by atoms with Crippen LogP contribution in [0, 0.1) is 10.1 Å². The summed E-state index contributed by atoms with van der Waals surface area (Å²) in [6, 6.07) is 2.31. The van der Waals surface area contributed by atoms with Crippen LogP contribution < -0.4 is 5.32 Å². The molecular formula is C16H21N3O6S2. The summed E-state index contributed by atoms with van der Waals surface area (Å²) in [5.41, 5.74) is -1.11. The van der Waals surface area contributed by atoms with Crippen LogP contribution in [0.3, 0.4) is 0 Å². The summed E-state index contributed by atoms with van der Waals surface area (Å²) in [6.45, 7) is 5.45. The first-order valence-corrected chi connectivity index (χ1v) is 11.0. The minimum atomic E-state index is -3.75. The lowest BCUT2D eigenvalue weighted by atomic mass is 10.1. The van der Waals surface area contributed by atoms with Gasteiger partial charge >= 0.3 is 0 Å². The number of nitro benzene ring substituents is 1. The van der Waals surface area contributed by atoms with Crippen molar-refractivity contribution < 1.29 is 22.9 Å². The molecule has 1 aliphatic rings. The highest BCUT2D eigenvalue weighted by Crippen LogP contribution is 2.27. The standard InChI is InChI=1S/C16H21N3O6S2/c1-16(2,3)17-14(20)13-8-26-9-18(13)15(21)10-5-11(19(22)23)7-12(6-10)27(4,24)25/h5-7,13H,8-9H2,1-4H3,(H,17,20). The molecule has 0 aromatic heterocycles. The second-order valence-electron chi connectivity index (χ2n) is 7.27. The van der Waals surface area contributed by atoms with Gasteiger partial charge in [0.15, 0.2) is 9.84 Å². The number of amides is 2. The molecule has 2 amide bonds. The van der Waals surface area contributed by atoms with E-state index in [0.717, 1.165) is 24.5 Å². The van der Waals surface area contributed by atoms with Crippen molar-refractivity contribution in [1.29, 1.82) is 0 Å². The number of benzene rings is 1. The fraction of sp³-hybridized carbons (Fsp3) is 0.500. The Kier molecular flexibility index (Phi) is 5.85. The van der Waals surface area contributed by atoms with E-state index in [4.69, 9.17) is 0 Å². The van der Waals surface area contributed by atoms with Gasteiger partial charge < -0.3 is 10.2 Å². The summed E-state index contributed by atoms with van der Waals surface area (Å²) >= 11 is 1.38. The molecule has 1 fully saturated rings. The Morgan fingerprint density at radius 1 is 1.30 bits per heavy atom. The lowest BCUT2D eigenvalue weighted by molar-refractivity contribution is -0.385. The summed E-state index contributed by atoms with van der Waals surface area (Å²) in [7, 11) is -3.75. The third-order valence-corrected chi connectivity index (χ3v) is 5.83. The molecule has 1 aromatic rings. The Morgan fingerprint density at radius 2 is 1.93 bits per heavy atom. The normalized spacial score (nSPS) is 17.6. The maximum absolute atomic E-state index is 12.9. The number of sulfone groups is 1. The number of carbonyl (C=O) groups is 2. The molecule has 0 saturated carbocycles. The monoisotopic (exact) mass is 415 g/mol. The number of hydrogen-bond donors (Lipinski definition) is 1. The van der Waals surface area contributed by atoms with E-state index in [-0.39, 0.29) is 22.2 Å². The van der Waals surface area contributed by atoms with Gasteiger partial charge in [0.25, 0.3) is 11.6 Å². The zero-order valence-electron chi connectivity index (χ0n) is 15.4. The zero-order chi connectivity index (χ0) is 20.6. The van der Waals surface area contributed by atoms with Crippen LogP contribution in [0.1, 0.15) is 31.1 Å². The number of thioether (sulfide) groups is 1. The van der Waals surface area contributed by atoms with Gasteiger partial charge in [-0.1, -0.05) is 0 Å². The molecule has 27 heavy (non-hydrogen) atoms. The van der Waals surface area contributed by atoms with E-state index in [2.05, 4.69) is 5.32 Å². The Bertz CT molecular complexity index is 892. The van der Waals surface area contributed by atoms with Crippen LogP contribution in [0.25, 0.3) is 0 Å². The van der Waals surface area contributed by atoms with Gasteiger partial charge in [-0.2, -0.15) is 0 Å². The first-order chi connectivity index (χ1) is 12.3. The molecule has 2 rings (SSSR count). The molecule has 148 valence electrons. The third kappa shape index (κ3) is 5.19. The summed E-state index contributed by atoms with van der Waals surface area (Å²) in [6.07, 6.45) is 0.908. The van der Waals surface area contributed by atoms with Crippen LogP contribution in [-0.2, 0) is 14.6 Å². The van der Waals surface area contributed by atoms with E-state index in [0.29, 0.717) is 5.75 Å². The number of nitro groups is 1. The molecule has 1 aromatic carbocycles. The average Bonchev–Trinajstić information content (AvgIpc) is 3.00. The molecule has 0 radical (unpaired) electrons. The van der Waals surface area contributed by atoms with E-state index in [1.165, 1.54) is 16.7 Å². The van der Waals surface area contributed by atoms with Crippen molar-refractivity contribution in [3.05, 3.63) is 33.9 Å². The molecule has 0 bridgehead atoms. The van der Waals surface area contributed by atoms with E-state index >= 15 is 0 Å². The highest BCUT2D eigenvalue weighted by Gasteiger charge is 2.37. The molecule has 1 unspecified atom stereocenters. The van der Waals surface area contributed by atoms with Crippen molar-refractivity contribution in [2.45, 2.75) is 37.2 Å². The van der Waals surface area contributed by atoms with E-state index in [1.807, 2.05) is 20.8 Å². The van der Waals surface area contributed by atoms with Gasteiger partial charge in [0.2, 0.25) is 5.91 Å². The Hall–Kier alpha value is -2.14. The van der Waals surface area contributed by atoms with Crippen molar-refractivity contribution in [1.82, 2.24) is 10.2 Å². The molecular weight excluding hydrogens is 394 g/mol. The van der Waals surface area contributed by atoms with Crippen LogP contribution >= 0.6 is 11.8 Å². The molecule has 0 spiro atoms. The highest BCUT2D eigenvalue weighted by molar-refractivity contribution is 7.99. The molecule has 1 atom stereocenters. The topological polar surface area (TPSA) is 127 Å². The number of nitrogens with zero attached hydrogens (tertiary/aromatic N) is 2. The Labute approximate surface area is 161 Å². The van der Waals surface area contributed by atoms with Gasteiger partial charge in [0, 0.05) is 35.2 Å². The number of hydrogen-bond acceptors (Lipinski definition) is 7. The zero-order valence-corrected chi connectivity index (χ0v) is 17.0. The van der Waals surface area contributed by atoms with Gasteiger partial charge in [-0.05, 0) is 26.8 Å². The van der Waals surface area contributed by atoms with E-state index in [9.17, 15) is 28.1 Å². The Morgan fingerprint density at radius 3 is 2.44 bits per heavy atom. The lowest BCUT2D eigenvalue weighted by Crippen LogP contribution is -2.52. The van der Waals surface area contributed by atoms with Crippen molar-refractivity contribution >= 4 is 39.1 Å². The van der Waals surface area contributed by atoms with Gasteiger partial charge in [0.05, 0.1) is 15.7 Å². The maximum atomic E-state index is 12.9. The summed E-state index contributed by atoms with van der Waals surface area (Å²) < 4.78 is 23.6. The third-order valence-electron chi connectivity index (χ3n) is 3.72. The largest absolute Gasteiger partial charge is 0.350 e. The molecule has 9 nitrogen and oxygen atoms in total. The predicted molar refractivity (Wildman–Crippen MR) is 101 cm³/mol. The van der Waals surface area contributed by atoms with Crippen molar-refractivity contribution in [3.8, 4) is 0 Å². The second kappa shape index (κ2) is 7.47. The minimum absolute atomic E-state index is 0.138. The molecule has 1 N–H and O–H groups in total. The number of rotatable bonds is 4. The van der Waals surface area contributed by atoms with Crippen molar-refractivity contribution in [3.63, 3.8) is 0 Å². The SMILES string of the molecule is CC(C)(C)NC(=O)C1CSCN1C(=O)c1cc([N+](=O)[O-])cc(S(C)(=O)=O)c1. The van der Waals surface area contributed by atoms with Crippen LogP contribution in [-0.4, -0.2) is 59.5 Å². The molecule has 11 heteroatoms. The molecule has 1 aliphatic heterocycles. The van der Waals surface area contributed by atoms with E-state index in [1.54, 1.807) is 0 Å². The quantitative estimate of drug-likeness (QED) is 0.582. The summed E-state index contributed by atoms with van der Waals surface area (Å²) in [5.74, 6) is -0.322. The maximum Gasteiger partial charge on any atom is 0.271 e. The molecule has 0 aliphatic carbocycles.